The largest absolute Gasteiger partial charge is 0.444 e. The Kier molecular flexibility index (Phi) is 6.46. The molecular weight excluding hydrogens is 453 g/mol. The van der Waals surface area contributed by atoms with Crippen LogP contribution < -0.4 is 5.32 Å². The van der Waals surface area contributed by atoms with E-state index in [1.807, 2.05) is 39.1 Å². The average molecular weight is 478 g/mol. The zero-order chi connectivity index (χ0) is 22.9. The van der Waals surface area contributed by atoms with Gasteiger partial charge in [0.25, 0.3) is 0 Å². The van der Waals surface area contributed by atoms with Crippen molar-refractivity contribution in [2.45, 2.75) is 32.5 Å². The maximum atomic E-state index is 12.4. The molecule has 3 heterocycles. The van der Waals surface area contributed by atoms with Crippen molar-refractivity contribution in [1.82, 2.24) is 20.1 Å². The Morgan fingerprint density at radius 2 is 2.19 bits per heavy atom. The molecule has 1 aliphatic rings. The maximum Gasteiger partial charge on any atom is 0.410 e. The number of ether oxygens (including phenoxy) is 2. The first-order chi connectivity index (χ1) is 15.2. The predicted molar refractivity (Wildman–Crippen MR) is 125 cm³/mol. The first-order valence-corrected chi connectivity index (χ1v) is 11.1. The quantitative estimate of drug-likeness (QED) is 0.550. The summed E-state index contributed by atoms with van der Waals surface area (Å²) in [7, 11) is 0. The monoisotopic (exact) mass is 477 g/mol. The number of fused-ring (bicyclic) bond motifs is 1. The first kappa shape index (κ1) is 22.6. The minimum absolute atomic E-state index is 0.207. The fourth-order valence-electron chi connectivity index (χ4n) is 3.51. The lowest BCUT2D eigenvalue weighted by Crippen LogP contribution is -2.49. The Labute approximate surface area is 196 Å². The molecular formula is C22H25Cl2N5O3. The molecule has 0 radical (unpaired) electrons. The van der Waals surface area contributed by atoms with E-state index >= 15 is 0 Å². The summed E-state index contributed by atoms with van der Waals surface area (Å²) in [4.78, 5) is 18.7. The van der Waals surface area contributed by atoms with E-state index in [1.54, 1.807) is 17.2 Å². The summed E-state index contributed by atoms with van der Waals surface area (Å²) in [6, 6.07) is 5.59. The van der Waals surface area contributed by atoms with Gasteiger partial charge in [0.15, 0.2) is 0 Å². The number of hydrogen-bond donors (Lipinski definition) is 2. The highest BCUT2D eigenvalue weighted by atomic mass is 35.5. The lowest BCUT2D eigenvalue weighted by atomic mass is 10.0. The predicted octanol–water partition coefficient (Wildman–Crippen LogP) is 4.98. The van der Waals surface area contributed by atoms with Crippen molar-refractivity contribution in [3.63, 3.8) is 0 Å². The second kappa shape index (κ2) is 9.13. The number of carbonyl (C=O) groups excluding carboxylic acids is 1. The van der Waals surface area contributed by atoms with Crippen LogP contribution in [0.15, 0.2) is 30.6 Å². The van der Waals surface area contributed by atoms with Crippen molar-refractivity contribution < 1.29 is 14.3 Å². The molecule has 1 saturated heterocycles. The fraction of sp³-hybridized carbons (Fsp3) is 0.409. The molecule has 1 atom stereocenters. The van der Waals surface area contributed by atoms with E-state index in [-0.39, 0.29) is 12.2 Å². The van der Waals surface area contributed by atoms with Crippen LogP contribution in [-0.4, -0.2) is 64.1 Å². The van der Waals surface area contributed by atoms with Crippen molar-refractivity contribution in [2.75, 3.05) is 31.6 Å². The molecule has 0 bridgehead atoms. The fourth-order valence-corrected chi connectivity index (χ4v) is 3.87. The van der Waals surface area contributed by atoms with E-state index in [0.717, 1.165) is 16.5 Å². The van der Waals surface area contributed by atoms with Crippen molar-refractivity contribution in [2.24, 2.45) is 0 Å². The number of benzene rings is 1. The highest BCUT2D eigenvalue weighted by Gasteiger charge is 2.28. The lowest BCUT2D eigenvalue weighted by molar-refractivity contribution is -0.0371. The molecule has 0 spiro atoms. The molecule has 170 valence electrons. The van der Waals surface area contributed by atoms with Gasteiger partial charge in [-0.15, -0.1) is 0 Å². The summed E-state index contributed by atoms with van der Waals surface area (Å²) in [6.45, 7) is 7.38. The molecule has 8 nitrogen and oxygen atoms in total. The molecule has 0 aliphatic carbocycles. The van der Waals surface area contributed by atoms with Gasteiger partial charge in [0.05, 0.1) is 41.0 Å². The molecule has 1 fully saturated rings. The normalized spacial score (nSPS) is 16.9. The highest BCUT2D eigenvalue weighted by Crippen LogP contribution is 2.36. The van der Waals surface area contributed by atoms with Crippen molar-refractivity contribution in [1.29, 1.82) is 0 Å². The molecule has 3 aromatic rings. The van der Waals surface area contributed by atoms with Crippen LogP contribution in [0.4, 0.5) is 10.6 Å². The molecule has 0 saturated carbocycles. The van der Waals surface area contributed by atoms with Gasteiger partial charge in [0, 0.05) is 30.2 Å². The Hall–Kier alpha value is -2.55. The van der Waals surface area contributed by atoms with Gasteiger partial charge >= 0.3 is 6.09 Å². The van der Waals surface area contributed by atoms with Crippen LogP contribution in [-0.2, 0) is 9.47 Å². The number of nitrogens with one attached hydrogen (secondary N) is 2. The Bertz CT molecular complexity index is 1110. The number of amides is 1. The Morgan fingerprint density at radius 3 is 2.91 bits per heavy atom. The topological polar surface area (TPSA) is 92.4 Å². The van der Waals surface area contributed by atoms with Crippen molar-refractivity contribution >= 4 is 46.0 Å². The molecule has 32 heavy (non-hydrogen) atoms. The van der Waals surface area contributed by atoms with Crippen LogP contribution in [0.3, 0.4) is 0 Å². The number of hydrogen-bond acceptors (Lipinski definition) is 6. The van der Waals surface area contributed by atoms with Gasteiger partial charge in [-0.3, -0.25) is 5.10 Å². The lowest BCUT2D eigenvalue weighted by Gasteiger charge is -2.34. The second-order valence-electron chi connectivity index (χ2n) is 8.60. The van der Waals surface area contributed by atoms with Crippen LogP contribution in [0.5, 0.6) is 0 Å². The zero-order valence-corrected chi connectivity index (χ0v) is 19.6. The maximum absolute atomic E-state index is 12.4. The van der Waals surface area contributed by atoms with E-state index in [4.69, 9.17) is 32.7 Å². The molecule has 1 aromatic carbocycles. The number of nitrogens with zero attached hydrogens (tertiary/aromatic N) is 3. The molecule has 2 N–H and O–H groups in total. The second-order valence-corrected chi connectivity index (χ2v) is 9.38. The molecule has 1 unspecified atom stereocenters. The molecule has 2 aromatic heterocycles. The molecule has 4 rings (SSSR count). The van der Waals surface area contributed by atoms with Crippen LogP contribution >= 0.6 is 23.2 Å². The van der Waals surface area contributed by atoms with Crippen molar-refractivity contribution in [3.05, 3.63) is 40.6 Å². The summed E-state index contributed by atoms with van der Waals surface area (Å²) in [5, 5.41) is 11.9. The number of halogens is 2. The number of anilines is 1. The summed E-state index contributed by atoms with van der Waals surface area (Å²) >= 11 is 12.7. The van der Waals surface area contributed by atoms with Crippen LogP contribution in [0.1, 0.15) is 20.8 Å². The third kappa shape index (κ3) is 5.09. The molecule has 1 aliphatic heterocycles. The van der Waals surface area contributed by atoms with E-state index in [9.17, 15) is 4.79 Å². The minimum atomic E-state index is -0.540. The number of pyridine rings is 1. The van der Waals surface area contributed by atoms with E-state index in [0.29, 0.717) is 47.6 Å². The van der Waals surface area contributed by atoms with Gasteiger partial charge in [0.2, 0.25) is 0 Å². The first-order valence-electron chi connectivity index (χ1n) is 10.3. The van der Waals surface area contributed by atoms with E-state index < -0.39 is 5.60 Å². The Balaban J connectivity index is 1.53. The van der Waals surface area contributed by atoms with Gasteiger partial charge in [0.1, 0.15) is 11.4 Å². The Morgan fingerprint density at radius 1 is 1.38 bits per heavy atom. The number of rotatable bonds is 4. The minimum Gasteiger partial charge on any atom is -0.444 e. The molecule has 10 heteroatoms. The highest BCUT2D eigenvalue weighted by molar-refractivity contribution is 6.45. The number of aromatic amines is 1. The number of H-pyrrole nitrogens is 1. The smallest absolute Gasteiger partial charge is 0.410 e. The summed E-state index contributed by atoms with van der Waals surface area (Å²) in [6.07, 6.45) is 3.01. The number of aromatic nitrogens is 3. The van der Waals surface area contributed by atoms with E-state index in [1.165, 1.54) is 0 Å². The number of morpholine rings is 1. The number of carbonyl (C=O) groups is 1. The third-order valence-electron chi connectivity index (χ3n) is 4.98. The van der Waals surface area contributed by atoms with Gasteiger partial charge in [-0.2, -0.15) is 5.10 Å². The SMILES string of the molecule is CC(C)(C)OC(=O)N1CCOC(CNc2cc(-c3cn[nH]c3)c3ccc(Cl)c(Cl)c3n2)C1. The summed E-state index contributed by atoms with van der Waals surface area (Å²) in [5.41, 5.74) is 1.89. The third-order valence-corrected chi connectivity index (χ3v) is 5.78. The van der Waals surface area contributed by atoms with Crippen LogP contribution in [0, 0.1) is 0 Å². The summed E-state index contributed by atoms with van der Waals surface area (Å²) in [5.74, 6) is 0.621. The van der Waals surface area contributed by atoms with Gasteiger partial charge < -0.3 is 19.7 Å². The van der Waals surface area contributed by atoms with E-state index in [2.05, 4.69) is 20.5 Å². The standard InChI is InChI=1S/C22H25Cl2N5O3/c1-22(2,3)32-21(30)29-6-7-31-14(12-29)11-25-18-8-16(13-9-26-27-10-13)15-4-5-17(23)19(24)20(15)28-18/h4-5,8-10,14H,6-7,11-12H2,1-3H3,(H,25,28)(H,26,27). The average Bonchev–Trinajstić information content (AvgIpc) is 3.28. The zero-order valence-electron chi connectivity index (χ0n) is 18.1. The van der Waals surface area contributed by atoms with Gasteiger partial charge in [-0.05, 0) is 38.5 Å². The van der Waals surface area contributed by atoms with Gasteiger partial charge in [-0.1, -0.05) is 29.3 Å². The van der Waals surface area contributed by atoms with Crippen LogP contribution in [0.2, 0.25) is 10.0 Å². The summed E-state index contributed by atoms with van der Waals surface area (Å²) < 4.78 is 11.3. The van der Waals surface area contributed by atoms with Crippen LogP contribution in [0.25, 0.3) is 22.0 Å². The molecule has 1 amide bonds. The van der Waals surface area contributed by atoms with Crippen molar-refractivity contribution in [3.8, 4) is 11.1 Å². The van der Waals surface area contributed by atoms with Gasteiger partial charge in [-0.25, -0.2) is 9.78 Å².